The second-order valence-electron chi connectivity index (χ2n) is 5.91. The smallest absolute Gasteiger partial charge is 0.181 e. The summed E-state index contributed by atoms with van der Waals surface area (Å²) in [6, 6.07) is 13.3. The molecule has 2 aromatic carbocycles. The van der Waals surface area contributed by atoms with Crippen molar-refractivity contribution in [2.45, 2.75) is 26.8 Å². The summed E-state index contributed by atoms with van der Waals surface area (Å²) in [7, 11) is 0. The molecule has 136 valence electrons. The van der Waals surface area contributed by atoms with E-state index in [-0.39, 0.29) is 0 Å². The molecule has 0 fully saturated rings. The van der Waals surface area contributed by atoms with Crippen molar-refractivity contribution in [2.75, 3.05) is 13.2 Å². The maximum Gasteiger partial charge on any atom is 0.181 e. The molecule has 0 radical (unpaired) electrons. The number of rotatable bonds is 7. The maximum absolute atomic E-state index is 6.40. The van der Waals surface area contributed by atoms with Crippen molar-refractivity contribution in [3.05, 3.63) is 59.4 Å². The standard InChI is InChI=1S/C20H24N4O2/c1-4-25-16-11-10-14(12-17(16)26-5-2)18(21)20-22-19(23-24-20)15-9-7-6-8-13(15)3/h6-12,18H,4-5,21H2,1-3H3,(H,22,23,24). The van der Waals surface area contributed by atoms with E-state index in [1.165, 1.54) is 0 Å². The van der Waals surface area contributed by atoms with Gasteiger partial charge in [0, 0.05) is 5.56 Å². The van der Waals surface area contributed by atoms with Gasteiger partial charge < -0.3 is 15.2 Å². The van der Waals surface area contributed by atoms with Gasteiger partial charge in [-0.2, -0.15) is 5.10 Å². The van der Waals surface area contributed by atoms with Gasteiger partial charge in [-0.05, 0) is 44.0 Å². The van der Waals surface area contributed by atoms with E-state index in [1.807, 2.05) is 63.2 Å². The lowest BCUT2D eigenvalue weighted by Crippen LogP contribution is -2.14. The molecule has 1 aromatic heterocycles. The van der Waals surface area contributed by atoms with E-state index in [2.05, 4.69) is 15.2 Å². The number of aromatic amines is 1. The Morgan fingerprint density at radius 3 is 2.50 bits per heavy atom. The van der Waals surface area contributed by atoms with E-state index < -0.39 is 6.04 Å². The Labute approximate surface area is 153 Å². The molecule has 0 aliphatic heterocycles. The van der Waals surface area contributed by atoms with Crippen LogP contribution >= 0.6 is 0 Å². The van der Waals surface area contributed by atoms with Gasteiger partial charge in [0.05, 0.1) is 19.3 Å². The van der Waals surface area contributed by atoms with E-state index in [0.717, 1.165) is 16.7 Å². The van der Waals surface area contributed by atoms with Crippen LogP contribution in [0.4, 0.5) is 0 Å². The van der Waals surface area contributed by atoms with E-state index >= 15 is 0 Å². The predicted octanol–water partition coefficient (Wildman–Crippen LogP) is 3.63. The second-order valence-corrected chi connectivity index (χ2v) is 5.91. The van der Waals surface area contributed by atoms with Crippen LogP contribution in [0.25, 0.3) is 11.4 Å². The van der Waals surface area contributed by atoms with Crippen molar-refractivity contribution in [3.8, 4) is 22.9 Å². The molecular weight excluding hydrogens is 328 g/mol. The predicted molar refractivity (Wildman–Crippen MR) is 101 cm³/mol. The number of aromatic nitrogens is 3. The third-order valence-corrected chi connectivity index (χ3v) is 4.11. The SMILES string of the molecule is CCOc1ccc(C(N)c2nc(-c3ccccc3C)n[nH]2)cc1OCC. The molecule has 0 saturated carbocycles. The molecule has 6 heteroatoms. The Kier molecular flexibility index (Phi) is 5.53. The maximum atomic E-state index is 6.40. The van der Waals surface area contributed by atoms with E-state index in [0.29, 0.717) is 36.4 Å². The Bertz CT molecular complexity index is 876. The summed E-state index contributed by atoms with van der Waals surface area (Å²) in [4.78, 5) is 4.59. The highest BCUT2D eigenvalue weighted by Crippen LogP contribution is 2.31. The monoisotopic (exact) mass is 352 g/mol. The molecule has 3 N–H and O–H groups in total. The molecule has 0 spiro atoms. The highest BCUT2D eigenvalue weighted by Gasteiger charge is 2.17. The minimum Gasteiger partial charge on any atom is -0.490 e. The van der Waals surface area contributed by atoms with Gasteiger partial charge in [0.1, 0.15) is 5.82 Å². The summed E-state index contributed by atoms with van der Waals surface area (Å²) in [6.45, 7) is 7.04. The average molecular weight is 352 g/mol. The number of benzene rings is 2. The van der Waals surface area contributed by atoms with Crippen LogP contribution in [0.1, 0.15) is 36.8 Å². The molecule has 0 amide bonds. The topological polar surface area (TPSA) is 86.0 Å². The van der Waals surface area contributed by atoms with Crippen molar-refractivity contribution in [2.24, 2.45) is 5.73 Å². The highest BCUT2D eigenvalue weighted by atomic mass is 16.5. The number of ether oxygens (including phenoxy) is 2. The van der Waals surface area contributed by atoms with Crippen molar-refractivity contribution in [3.63, 3.8) is 0 Å². The first-order valence-corrected chi connectivity index (χ1v) is 8.77. The van der Waals surface area contributed by atoms with Gasteiger partial charge in [0.25, 0.3) is 0 Å². The van der Waals surface area contributed by atoms with Crippen LogP contribution in [0, 0.1) is 6.92 Å². The number of nitrogens with two attached hydrogens (primary N) is 1. The molecule has 0 saturated heterocycles. The summed E-state index contributed by atoms with van der Waals surface area (Å²) < 4.78 is 11.3. The quantitative estimate of drug-likeness (QED) is 0.678. The zero-order valence-corrected chi connectivity index (χ0v) is 15.3. The lowest BCUT2D eigenvalue weighted by molar-refractivity contribution is 0.287. The Morgan fingerprint density at radius 1 is 1.04 bits per heavy atom. The first-order chi connectivity index (χ1) is 12.6. The Balaban J connectivity index is 1.89. The van der Waals surface area contributed by atoms with Crippen molar-refractivity contribution in [1.82, 2.24) is 15.2 Å². The van der Waals surface area contributed by atoms with Crippen LogP contribution in [0.5, 0.6) is 11.5 Å². The third-order valence-electron chi connectivity index (χ3n) is 4.11. The molecule has 0 aliphatic rings. The molecule has 26 heavy (non-hydrogen) atoms. The van der Waals surface area contributed by atoms with Gasteiger partial charge in [-0.15, -0.1) is 0 Å². The fourth-order valence-electron chi connectivity index (χ4n) is 2.78. The van der Waals surface area contributed by atoms with Crippen LogP contribution in [-0.2, 0) is 0 Å². The minimum absolute atomic E-state index is 0.435. The summed E-state index contributed by atoms with van der Waals surface area (Å²) in [5.74, 6) is 2.64. The largest absolute Gasteiger partial charge is 0.490 e. The van der Waals surface area contributed by atoms with E-state index in [9.17, 15) is 0 Å². The number of aryl methyl sites for hydroxylation is 1. The summed E-state index contributed by atoms with van der Waals surface area (Å²) in [5, 5.41) is 7.29. The first kappa shape index (κ1) is 17.9. The van der Waals surface area contributed by atoms with Crippen LogP contribution in [0.2, 0.25) is 0 Å². The molecule has 1 heterocycles. The number of nitrogens with zero attached hydrogens (tertiary/aromatic N) is 2. The highest BCUT2D eigenvalue weighted by molar-refractivity contribution is 5.59. The van der Waals surface area contributed by atoms with Gasteiger partial charge >= 0.3 is 0 Å². The van der Waals surface area contributed by atoms with Gasteiger partial charge in [-0.1, -0.05) is 30.3 Å². The number of nitrogens with one attached hydrogen (secondary N) is 1. The van der Waals surface area contributed by atoms with Crippen molar-refractivity contribution >= 4 is 0 Å². The van der Waals surface area contributed by atoms with Crippen molar-refractivity contribution in [1.29, 1.82) is 0 Å². The zero-order chi connectivity index (χ0) is 18.5. The summed E-state index contributed by atoms with van der Waals surface area (Å²) >= 11 is 0. The zero-order valence-electron chi connectivity index (χ0n) is 15.3. The summed E-state index contributed by atoms with van der Waals surface area (Å²) in [6.07, 6.45) is 0. The van der Waals surface area contributed by atoms with Gasteiger partial charge in [0.2, 0.25) is 0 Å². The van der Waals surface area contributed by atoms with Crippen LogP contribution < -0.4 is 15.2 Å². The lowest BCUT2D eigenvalue weighted by Gasteiger charge is -2.14. The molecule has 1 atom stereocenters. The molecular formula is C20H24N4O2. The Morgan fingerprint density at radius 2 is 1.77 bits per heavy atom. The van der Waals surface area contributed by atoms with Crippen LogP contribution in [0.3, 0.4) is 0 Å². The normalized spacial score (nSPS) is 12.0. The average Bonchev–Trinajstić information content (AvgIpc) is 3.13. The third kappa shape index (κ3) is 3.70. The first-order valence-electron chi connectivity index (χ1n) is 8.77. The molecule has 3 aromatic rings. The van der Waals surface area contributed by atoms with E-state index in [4.69, 9.17) is 15.2 Å². The molecule has 6 nitrogen and oxygen atoms in total. The Hall–Kier alpha value is -2.86. The minimum atomic E-state index is -0.435. The number of H-pyrrole nitrogens is 1. The molecule has 0 aliphatic carbocycles. The van der Waals surface area contributed by atoms with Crippen LogP contribution in [-0.4, -0.2) is 28.4 Å². The van der Waals surface area contributed by atoms with Crippen LogP contribution in [0.15, 0.2) is 42.5 Å². The second kappa shape index (κ2) is 8.01. The van der Waals surface area contributed by atoms with Gasteiger partial charge in [0.15, 0.2) is 17.3 Å². The number of hydrogen-bond donors (Lipinski definition) is 2. The number of hydrogen-bond acceptors (Lipinski definition) is 5. The van der Waals surface area contributed by atoms with Gasteiger partial charge in [-0.25, -0.2) is 4.98 Å². The fourth-order valence-corrected chi connectivity index (χ4v) is 2.78. The van der Waals surface area contributed by atoms with Gasteiger partial charge in [-0.3, -0.25) is 5.10 Å². The fraction of sp³-hybridized carbons (Fsp3) is 0.300. The van der Waals surface area contributed by atoms with E-state index in [1.54, 1.807) is 0 Å². The summed E-state index contributed by atoms with van der Waals surface area (Å²) in [5.41, 5.74) is 9.39. The lowest BCUT2D eigenvalue weighted by atomic mass is 10.1. The molecule has 1 unspecified atom stereocenters. The molecule has 0 bridgehead atoms. The molecule has 3 rings (SSSR count). The van der Waals surface area contributed by atoms with Crippen molar-refractivity contribution < 1.29 is 9.47 Å².